The smallest absolute Gasteiger partial charge is 0.257 e. The Balaban J connectivity index is 1.36. The minimum atomic E-state index is -0.512. The van der Waals surface area contributed by atoms with Crippen LogP contribution in [0.1, 0.15) is 48.0 Å². The zero-order chi connectivity index (χ0) is 27.1. The molecule has 8 heteroatoms. The number of fused-ring (bicyclic) bond motifs is 2. The molecule has 39 heavy (non-hydrogen) atoms. The molecule has 196 valence electrons. The first-order chi connectivity index (χ1) is 18.9. The van der Waals surface area contributed by atoms with E-state index in [0.29, 0.717) is 33.6 Å². The Hall–Kier alpha value is -4.30. The summed E-state index contributed by atoms with van der Waals surface area (Å²) in [5.74, 6) is -0.602. The van der Waals surface area contributed by atoms with E-state index in [4.69, 9.17) is 5.73 Å². The van der Waals surface area contributed by atoms with Gasteiger partial charge in [-0.2, -0.15) is 0 Å². The fourth-order valence-corrected chi connectivity index (χ4v) is 5.85. The molecule has 0 radical (unpaired) electrons. The Bertz CT molecular complexity index is 1710. The molecule has 1 fully saturated rings. The van der Waals surface area contributed by atoms with Crippen molar-refractivity contribution in [3.63, 3.8) is 0 Å². The van der Waals surface area contributed by atoms with Crippen molar-refractivity contribution in [3.05, 3.63) is 96.1 Å². The number of pyridine rings is 3. The van der Waals surface area contributed by atoms with Gasteiger partial charge in [-0.15, -0.1) is 0 Å². The van der Waals surface area contributed by atoms with Crippen molar-refractivity contribution >= 4 is 33.4 Å². The zero-order valence-corrected chi connectivity index (χ0v) is 21.4. The van der Waals surface area contributed by atoms with Gasteiger partial charge < -0.3 is 11.1 Å². The summed E-state index contributed by atoms with van der Waals surface area (Å²) in [5, 5.41) is 3.54. The second kappa shape index (κ2) is 10.1. The summed E-state index contributed by atoms with van der Waals surface area (Å²) in [6, 6.07) is 12.6. The van der Waals surface area contributed by atoms with Gasteiger partial charge in [-0.3, -0.25) is 19.7 Å². The highest BCUT2D eigenvalue weighted by molar-refractivity contribution is 6.12. The van der Waals surface area contributed by atoms with Crippen molar-refractivity contribution in [2.24, 2.45) is 11.7 Å². The maximum atomic E-state index is 15.0. The Morgan fingerprint density at radius 1 is 0.923 bits per heavy atom. The molecule has 3 N–H and O–H groups in total. The highest BCUT2D eigenvalue weighted by Gasteiger charge is 2.28. The Kier molecular flexibility index (Phi) is 6.48. The van der Waals surface area contributed by atoms with Crippen LogP contribution >= 0.6 is 0 Å². The lowest BCUT2D eigenvalue weighted by Crippen LogP contribution is -2.31. The first-order valence-electron chi connectivity index (χ1n) is 13.0. The molecule has 1 amide bonds. The second-order valence-electron chi connectivity index (χ2n) is 10.4. The van der Waals surface area contributed by atoms with Gasteiger partial charge in [-0.05, 0) is 85.2 Å². The van der Waals surface area contributed by atoms with Crippen LogP contribution in [0.2, 0.25) is 0 Å². The number of amides is 1. The third-order valence-electron chi connectivity index (χ3n) is 7.59. The van der Waals surface area contributed by atoms with E-state index in [0.717, 1.165) is 24.8 Å². The van der Waals surface area contributed by atoms with Crippen LogP contribution in [-0.4, -0.2) is 26.9 Å². The van der Waals surface area contributed by atoms with E-state index in [1.165, 1.54) is 18.2 Å². The van der Waals surface area contributed by atoms with E-state index in [1.807, 2.05) is 6.07 Å². The van der Waals surface area contributed by atoms with Gasteiger partial charge in [-0.1, -0.05) is 6.92 Å². The third kappa shape index (κ3) is 4.72. The number of nitrogens with one attached hydrogen (secondary N) is 1. The van der Waals surface area contributed by atoms with Gasteiger partial charge in [0.05, 0.1) is 28.5 Å². The molecule has 1 aliphatic carbocycles. The van der Waals surface area contributed by atoms with E-state index in [1.54, 1.807) is 49.1 Å². The summed E-state index contributed by atoms with van der Waals surface area (Å²) in [4.78, 5) is 26.5. The van der Waals surface area contributed by atoms with Crippen molar-refractivity contribution in [3.8, 4) is 11.1 Å². The monoisotopic (exact) mass is 523 g/mol. The summed E-state index contributed by atoms with van der Waals surface area (Å²) in [5.41, 5.74) is 10.0. The zero-order valence-electron chi connectivity index (χ0n) is 21.4. The van der Waals surface area contributed by atoms with Crippen LogP contribution in [-0.2, 0) is 0 Å². The topological polar surface area (TPSA) is 93.8 Å². The third-order valence-corrected chi connectivity index (χ3v) is 7.59. The average molecular weight is 524 g/mol. The molecule has 6 nitrogen and oxygen atoms in total. The normalized spacial score (nSPS) is 19.3. The molecular formula is C31H27F2N5O. The fraction of sp³-hybridized carbons (Fsp3) is 0.226. The lowest BCUT2D eigenvalue weighted by Gasteiger charge is -2.32. The van der Waals surface area contributed by atoms with Crippen LogP contribution in [0.4, 0.5) is 14.5 Å². The van der Waals surface area contributed by atoms with Crippen LogP contribution in [0.15, 0.2) is 73.3 Å². The molecule has 0 aliphatic heterocycles. The molecule has 3 heterocycles. The Morgan fingerprint density at radius 2 is 1.74 bits per heavy atom. The number of carbonyl (C=O) groups excluding carboxylic acids is 1. The number of aromatic nitrogens is 3. The maximum absolute atomic E-state index is 15.0. The average Bonchev–Trinajstić information content (AvgIpc) is 2.93. The molecule has 0 spiro atoms. The number of rotatable bonds is 4. The van der Waals surface area contributed by atoms with Gasteiger partial charge in [0, 0.05) is 46.5 Å². The quantitative estimate of drug-likeness (QED) is 0.277. The van der Waals surface area contributed by atoms with Gasteiger partial charge in [0.1, 0.15) is 11.6 Å². The Morgan fingerprint density at radius 3 is 2.59 bits per heavy atom. The van der Waals surface area contributed by atoms with E-state index in [9.17, 15) is 9.18 Å². The van der Waals surface area contributed by atoms with E-state index in [-0.39, 0.29) is 34.2 Å². The summed E-state index contributed by atoms with van der Waals surface area (Å²) < 4.78 is 29.4. The SMILES string of the molecule is CC1CC(N)CC(c2ccncc2NC(=O)c2ccc(F)c3cc(-c4ccc(F)c5cccnc45)cnc23)C1. The number of nitrogens with two attached hydrogens (primary N) is 1. The molecule has 1 aliphatic rings. The van der Waals surface area contributed by atoms with Crippen LogP contribution in [0, 0.1) is 17.6 Å². The molecule has 3 aromatic heterocycles. The summed E-state index contributed by atoms with van der Waals surface area (Å²) in [6.45, 7) is 2.20. The molecular weight excluding hydrogens is 496 g/mol. The molecule has 5 aromatic rings. The summed E-state index contributed by atoms with van der Waals surface area (Å²) >= 11 is 0. The minimum Gasteiger partial charge on any atom is -0.328 e. The van der Waals surface area contributed by atoms with Crippen molar-refractivity contribution in [1.29, 1.82) is 0 Å². The van der Waals surface area contributed by atoms with Gasteiger partial charge in [-0.25, -0.2) is 8.78 Å². The predicted octanol–water partition coefficient (Wildman–Crippen LogP) is 6.61. The number of halogens is 2. The summed E-state index contributed by atoms with van der Waals surface area (Å²) in [7, 11) is 0. The maximum Gasteiger partial charge on any atom is 0.257 e. The van der Waals surface area contributed by atoms with Gasteiger partial charge >= 0.3 is 0 Å². The fourth-order valence-electron chi connectivity index (χ4n) is 5.85. The molecule has 0 bridgehead atoms. The minimum absolute atomic E-state index is 0.114. The van der Waals surface area contributed by atoms with Crippen LogP contribution in [0.3, 0.4) is 0 Å². The van der Waals surface area contributed by atoms with Crippen LogP contribution < -0.4 is 11.1 Å². The largest absolute Gasteiger partial charge is 0.328 e. The first-order valence-corrected chi connectivity index (χ1v) is 13.0. The van der Waals surface area contributed by atoms with E-state index < -0.39 is 11.7 Å². The predicted molar refractivity (Wildman–Crippen MR) is 148 cm³/mol. The van der Waals surface area contributed by atoms with Crippen LogP contribution in [0.5, 0.6) is 0 Å². The molecule has 0 saturated heterocycles. The van der Waals surface area contributed by atoms with E-state index in [2.05, 4.69) is 27.2 Å². The standard InChI is InChI=1S/C31H27F2N5O/c1-17-11-18(13-20(34)12-17)21-8-10-35-16-28(21)38-31(39)24-5-7-27(33)25-14-19(15-37-30(24)25)22-4-6-26(32)23-3-2-9-36-29(22)23/h2-10,14-18,20H,11-13,34H2,1H3,(H,38,39). The number of hydrogen-bond donors (Lipinski definition) is 2. The number of hydrogen-bond acceptors (Lipinski definition) is 5. The molecule has 3 atom stereocenters. The molecule has 3 unspecified atom stereocenters. The highest BCUT2D eigenvalue weighted by atomic mass is 19.1. The van der Waals surface area contributed by atoms with E-state index >= 15 is 4.39 Å². The van der Waals surface area contributed by atoms with Crippen molar-refractivity contribution < 1.29 is 13.6 Å². The summed E-state index contributed by atoms with van der Waals surface area (Å²) in [6.07, 6.45) is 9.31. The van der Waals surface area contributed by atoms with Crippen LogP contribution in [0.25, 0.3) is 32.9 Å². The first kappa shape index (κ1) is 25.0. The molecule has 1 saturated carbocycles. The van der Waals surface area contributed by atoms with Crippen molar-refractivity contribution in [2.75, 3.05) is 5.32 Å². The van der Waals surface area contributed by atoms with Gasteiger partial charge in [0.25, 0.3) is 5.91 Å². The van der Waals surface area contributed by atoms with Crippen molar-refractivity contribution in [1.82, 2.24) is 15.0 Å². The molecule has 6 rings (SSSR count). The second-order valence-corrected chi connectivity index (χ2v) is 10.4. The highest BCUT2D eigenvalue weighted by Crippen LogP contribution is 2.38. The number of anilines is 1. The lowest BCUT2D eigenvalue weighted by molar-refractivity contribution is 0.102. The number of benzene rings is 2. The molecule has 2 aromatic carbocycles. The number of carbonyl (C=O) groups is 1. The van der Waals surface area contributed by atoms with Gasteiger partial charge in [0.2, 0.25) is 0 Å². The number of nitrogens with zero attached hydrogens (tertiary/aromatic N) is 3. The van der Waals surface area contributed by atoms with Crippen molar-refractivity contribution in [2.45, 2.75) is 38.1 Å². The van der Waals surface area contributed by atoms with Gasteiger partial charge in [0.15, 0.2) is 0 Å². The lowest BCUT2D eigenvalue weighted by atomic mass is 9.76. The Labute approximate surface area is 224 Å².